The van der Waals surface area contributed by atoms with E-state index < -0.39 is 6.04 Å². The Balaban J connectivity index is 2.11. The minimum Gasteiger partial charge on any atom is -0.482 e. The van der Waals surface area contributed by atoms with Gasteiger partial charge in [-0.2, -0.15) is 0 Å². The monoisotopic (exact) mass is 422 g/mol. The SMILES string of the molecule is CC[C@@H](C(=O)NC)N(CCc1ccccc1)C(=O)COc1ccc(Cl)cc1Cl. The number of nitrogens with zero attached hydrogens (tertiary/aromatic N) is 1. The van der Waals surface area contributed by atoms with Crippen LogP contribution in [0.15, 0.2) is 48.5 Å². The Bertz CT molecular complexity index is 799. The number of carbonyl (C=O) groups is 2. The van der Waals surface area contributed by atoms with Gasteiger partial charge in [0.1, 0.15) is 11.8 Å². The van der Waals surface area contributed by atoms with Crippen LogP contribution in [-0.2, 0) is 16.0 Å². The summed E-state index contributed by atoms with van der Waals surface area (Å²) in [6.45, 7) is 2.07. The van der Waals surface area contributed by atoms with Gasteiger partial charge in [0.2, 0.25) is 5.91 Å². The van der Waals surface area contributed by atoms with Crippen molar-refractivity contribution >= 4 is 35.0 Å². The smallest absolute Gasteiger partial charge is 0.261 e. The largest absolute Gasteiger partial charge is 0.482 e. The molecule has 2 aromatic carbocycles. The number of halogens is 2. The normalized spacial score (nSPS) is 11.6. The highest BCUT2D eigenvalue weighted by Gasteiger charge is 2.28. The van der Waals surface area contributed by atoms with Crippen molar-refractivity contribution in [3.63, 3.8) is 0 Å². The first kappa shape index (κ1) is 22.1. The fourth-order valence-corrected chi connectivity index (χ4v) is 3.34. The standard InChI is InChI=1S/C21H24Cl2N2O3/c1-3-18(21(27)24-2)25(12-11-15-7-5-4-6-8-15)20(26)14-28-19-10-9-16(22)13-17(19)23/h4-10,13,18H,3,11-12,14H2,1-2H3,(H,24,27)/t18-/m0/s1. The minimum atomic E-state index is -0.564. The molecule has 1 atom stereocenters. The number of ether oxygens (including phenoxy) is 1. The Morgan fingerprint density at radius 3 is 2.46 bits per heavy atom. The third-order valence-corrected chi connectivity index (χ3v) is 4.89. The van der Waals surface area contributed by atoms with E-state index in [-0.39, 0.29) is 18.4 Å². The molecule has 0 unspecified atom stereocenters. The predicted octanol–water partition coefficient (Wildman–Crippen LogP) is 3.97. The van der Waals surface area contributed by atoms with Gasteiger partial charge in [-0.3, -0.25) is 9.59 Å². The number of hydrogen-bond donors (Lipinski definition) is 1. The summed E-state index contributed by atoms with van der Waals surface area (Å²) in [6, 6.07) is 14.1. The van der Waals surface area contributed by atoms with Crippen LogP contribution in [0.2, 0.25) is 10.0 Å². The Labute approximate surface area is 175 Å². The second-order valence-corrected chi connectivity index (χ2v) is 7.07. The van der Waals surface area contributed by atoms with Crippen molar-refractivity contribution in [2.24, 2.45) is 0 Å². The number of amides is 2. The van der Waals surface area contributed by atoms with Gasteiger partial charge in [0.25, 0.3) is 5.91 Å². The maximum absolute atomic E-state index is 12.9. The van der Waals surface area contributed by atoms with Crippen LogP contribution >= 0.6 is 23.2 Å². The first-order valence-electron chi connectivity index (χ1n) is 9.09. The molecule has 0 bridgehead atoms. The molecule has 1 N–H and O–H groups in total. The fourth-order valence-electron chi connectivity index (χ4n) is 2.88. The topological polar surface area (TPSA) is 58.6 Å². The van der Waals surface area contributed by atoms with Crippen molar-refractivity contribution in [3.05, 3.63) is 64.1 Å². The molecule has 0 saturated carbocycles. The van der Waals surface area contributed by atoms with E-state index in [2.05, 4.69) is 5.32 Å². The Hall–Kier alpha value is -2.24. The highest BCUT2D eigenvalue weighted by atomic mass is 35.5. The lowest BCUT2D eigenvalue weighted by molar-refractivity contribution is -0.142. The molecule has 150 valence electrons. The predicted molar refractivity (Wildman–Crippen MR) is 112 cm³/mol. The Kier molecular flexibility index (Phi) is 8.61. The van der Waals surface area contributed by atoms with Gasteiger partial charge in [-0.1, -0.05) is 60.5 Å². The molecule has 0 radical (unpaired) electrons. The van der Waals surface area contributed by atoms with Gasteiger partial charge in [-0.05, 0) is 36.6 Å². The fraction of sp³-hybridized carbons (Fsp3) is 0.333. The summed E-state index contributed by atoms with van der Waals surface area (Å²) in [5.41, 5.74) is 1.09. The minimum absolute atomic E-state index is 0.201. The summed E-state index contributed by atoms with van der Waals surface area (Å²) in [4.78, 5) is 26.7. The molecule has 0 aliphatic carbocycles. The summed E-state index contributed by atoms with van der Waals surface area (Å²) in [5, 5.41) is 3.44. The van der Waals surface area contributed by atoms with Crippen molar-refractivity contribution in [1.82, 2.24) is 10.2 Å². The second-order valence-electron chi connectivity index (χ2n) is 6.22. The van der Waals surface area contributed by atoms with Gasteiger partial charge >= 0.3 is 0 Å². The lowest BCUT2D eigenvalue weighted by Gasteiger charge is -2.30. The van der Waals surface area contributed by atoms with E-state index in [1.165, 1.54) is 0 Å². The van der Waals surface area contributed by atoms with Crippen LogP contribution in [0.1, 0.15) is 18.9 Å². The van der Waals surface area contributed by atoms with Crippen LogP contribution in [0.25, 0.3) is 0 Å². The zero-order chi connectivity index (χ0) is 20.5. The van der Waals surface area contributed by atoms with Crippen molar-refractivity contribution in [3.8, 4) is 5.75 Å². The van der Waals surface area contributed by atoms with Crippen LogP contribution in [0.3, 0.4) is 0 Å². The molecule has 0 heterocycles. The summed E-state index contributed by atoms with van der Waals surface area (Å²) in [7, 11) is 1.56. The number of benzene rings is 2. The number of rotatable bonds is 9. The lowest BCUT2D eigenvalue weighted by atomic mass is 10.1. The van der Waals surface area contributed by atoms with Gasteiger partial charge < -0.3 is 15.0 Å². The average Bonchev–Trinajstić information content (AvgIpc) is 2.70. The van der Waals surface area contributed by atoms with Crippen LogP contribution < -0.4 is 10.1 Å². The molecule has 0 aliphatic rings. The second kappa shape index (κ2) is 10.9. The lowest BCUT2D eigenvalue weighted by Crippen LogP contribution is -2.50. The molecule has 0 saturated heterocycles. The Morgan fingerprint density at radius 1 is 1.14 bits per heavy atom. The summed E-state index contributed by atoms with van der Waals surface area (Å²) in [5.74, 6) is -0.110. The summed E-state index contributed by atoms with van der Waals surface area (Å²) in [6.07, 6.45) is 1.14. The number of likely N-dealkylation sites (N-methyl/N-ethyl adjacent to an activating group) is 1. The molecule has 7 heteroatoms. The van der Waals surface area contributed by atoms with Gasteiger partial charge in [-0.15, -0.1) is 0 Å². The first-order chi connectivity index (χ1) is 13.5. The van der Waals surface area contributed by atoms with E-state index in [9.17, 15) is 9.59 Å². The van der Waals surface area contributed by atoms with E-state index in [0.717, 1.165) is 5.56 Å². The van der Waals surface area contributed by atoms with Crippen molar-refractivity contribution in [1.29, 1.82) is 0 Å². The highest BCUT2D eigenvalue weighted by Crippen LogP contribution is 2.27. The van der Waals surface area contributed by atoms with Gasteiger partial charge in [0.15, 0.2) is 6.61 Å². The number of hydrogen-bond acceptors (Lipinski definition) is 3. The van der Waals surface area contributed by atoms with Crippen LogP contribution in [0.4, 0.5) is 0 Å². The molecule has 2 rings (SSSR count). The molecule has 5 nitrogen and oxygen atoms in total. The maximum atomic E-state index is 12.9. The third-order valence-electron chi connectivity index (χ3n) is 4.36. The molecule has 0 aliphatic heterocycles. The number of carbonyl (C=O) groups excluding carboxylic acids is 2. The molecular formula is C21H24Cl2N2O3. The van der Waals surface area contributed by atoms with E-state index in [4.69, 9.17) is 27.9 Å². The third kappa shape index (κ3) is 6.14. The first-order valence-corrected chi connectivity index (χ1v) is 9.84. The van der Waals surface area contributed by atoms with Crippen molar-refractivity contribution < 1.29 is 14.3 Å². The van der Waals surface area contributed by atoms with E-state index in [1.807, 2.05) is 37.3 Å². The molecule has 0 fully saturated rings. The van der Waals surface area contributed by atoms with Crippen molar-refractivity contribution in [2.75, 3.05) is 20.2 Å². The maximum Gasteiger partial charge on any atom is 0.261 e. The van der Waals surface area contributed by atoms with E-state index >= 15 is 0 Å². The van der Waals surface area contributed by atoms with Crippen LogP contribution in [-0.4, -0.2) is 43.0 Å². The van der Waals surface area contributed by atoms with E-state index in [1.54, 1.807) is 30.1 Å². The quantitative estimate of drug-likeness (QED) is 0.664. The van der Waals surface area contributed by atoms with Gasteiger partial charge in [0.05, 0.1) is 5.02 Å². The number of nitrogens with one attached hydrogen (secondary N) is 1. The molecular weight excluding hydrogens is 399 g/mol. The zero-order valence-electron chi connectivity index (χ0n) is 16.0. The molecule has 28 heavy (non-hydrogen) atoms. The van der Waals surface area contributed by atoms with Gasteiger partial charge in [0, 0.05) is 18.6 Å². The Morgan fingerprint density at radius 2 is 1.86 bits per heavy atom. The zero-order valence-corrected chi connectivity index (χ0v) is 17.5. The van der Waals surface area contributed by atoms with E-state index in [0.29, 0.717) is 35.2 Å². The molecule has 2 amide bonds. The van der Waals surface area contributed by atoms with Crippen LogP contribution in [0.5, 0.6) is 5.75 Å². The summed E-state index contributed by atoms with van der Waals surface area (Å²) < 4.78 is 5.58. The van der Waals surface area contributed by atoms with Crippen molar-refractivity contribution in [2.45, 2.75) is 25.8 Å². The molecule has 0 aromatic heterocycles. The molecule has 2 aromatic rings. The highest BCUT2D eigenvalue weighted by molar-refractivity contribution is 6.35. The van der Waals surface area contributed by atoms with Crippen LogP contribution in [0, 0.1) is 0 Å². The average molecular weight is 423 g/mol. The summed E-state index contributed by atoms with van der Waals surface area (Å²) >= 11 is 12.0. The van der Waals surface area contributed by atoms with Gasteiger partial charge in [-0.25, -0.2) is 0 Å². The molecule has 0 spiro atoms.